The number of H-pyrrole nitrogens is 1. The van der Waals surface area contributed by atoms with Gasteiger partial charge >= 0.3 is 22.6 Å². The summed E-state index contributed by atoms with van der Waals surface area (Å²) in [6.45, 7) is -0.448. The van der Waals surface area contributed by atoms with E-state index in [0.29, 0.717) is 17.7 Å². The van der Waals surface area contributed by atoms with Crippen LogP contribution >= 0.6 is 0 Å². The van der Waals surface area contributed by atoms with Crippen LogP contribution in [0.4, 0.5) is 32.0 Å². The Morgan fingerprint density at radius 3 is 2.07 bits per heavy atom. The quantitative estimate of drug-likeness (QED) is 0.259. The summed E-state index contributed by atoms with van der Waals surface area (Å²) in [5, 5.41) is 0. The standard InChI is InChI=1S/C25H19F6N5O5S2/c26-24(27,28)15-3-8-18(9-4-15)42(38,39)34-21(23-32-19-10-5-16(25(29,30)31)12-20(19)33-23)11-14-1-6-17(7-2-14)36-13-22(37)35-43(36,40)41/h1-10,12,21,34H,11,13H2,(H,32,33)(H,35,37)/t21-/m0/s1. The number of anilines is 1. The van der Waals surface area contributed by atoms with E-state index in [1.807, 2.05) is 4.72 Å². The van der Waals surface area contributed by atoms with Gasteiger partial charge in [-0.2, -0.15) is 34.8 Å². The molecular formula is C25H19F6N5O5S2. The fraction of sp³-hybridized carbons (Fsp3) is 0.200. The van der Waals surface area contributed by atoms with E-state index < -0.39 is 67.1 Å². The van der Waals surface area contributed by atoms with Crippen molar-refractivity contribution in [1.82, 2.24) is 19.4 Å². The van der Waals surface area contributed by atoms with Crippen LogP contribution in [0.2, 0.25) is 0 Å². The maximum atomic E-state index is 13.2. The van der Waals surface area contributed by atoms with Crippen molar-refractivity contribution in [2.24, 2.45) is 0 Å². The van der Waals surface area contributed by atoms with Crippen molar-refractivity contribution < 1.29 is 48.0 Å². The fourth-order valence-electron chi connectivity index (χ4n) is 4.35. The van der Waals surface area contributed by atoms with Gasteiger partial charge in [-0.15, -0.1) is 0 Å². The number of nitrogens with one attached hydrogen (secondary N) is 3. The second kappa shape index (κ2) is 10.5. The topological polar surface area (TPSA) is 141 Å². The first-order valence-electron chi connectivity index (χ1n) is 12.1. The average Bonchev–Trinajstić information content (AvgIpc) is 3.46. The predicted octanol–water partition coefficient (Wildman–Crippen LogP) is 4.04. The largest absolute Gasteiger partial charge is 0.416 e. The van der Waals surface area contributed by atoms with Crippen LogP contribution < -0.4 is 13.7 Å². The molecule has 43 heavy (non-hydrogen) atoms. The lowest BCUT2D eigenvalue weighted by atomic mass is 10.1. The molecule has 0 unspecified atom stereocenters. The van der Waals surface area contributed by atoms with E-state index >= 15 is 0 Å². The fourth-order valence-corrected chi connectivity index (χ4v) is 6.70. The highest BCUT2D eigenvalue weighted by Gasteiger charge is 2.35. The van der Waals surface area contributed by atoms with Crippen LogP contribution in [0.25, 0.3) is 11.0 Å². The molecule has 0 radical (unpaired) electrons. The molecule has 3 N–H and O–H groups in total. The number of carbonyl (C=O) groups is 1. The molecule has 1 aliphatic rings. The van der Waals surface area contributed by atoms with Gasteiger partial charge in [0.25, 0.3) is 5.91 Å². The molecule has 1 aromatic heterocycles. The van der Waals surface area contributed by atoms with Crippen LogP contribution in [-0.4, -0.2) is 39.3 Å². The third-order valence-electron chi connectivity index (χ3n) is 6.43. The summed E-state index contributed by atoms with van der Waals surface area (Å²) in [6.07, 6.45) is -9.53. The first-order valence-corrected chi connectivity index (χ1v) is 15.0. The number of hydrogen-bond acceptors (Lipinski definition) is 6. The number of nitrogens with zero attached hydrogens (tertiary/aromatic N) is 2. The molecule has 1 aliphatic heterocycles. The summed E-state index contributed by atoms with van der Waals surface area (Å²) in [4.78, 5) is 18.0. The van der Waals surface area contributed by atoms with E-state index in [9.17, 15) is 48.0 Å². The van der Waals surface area contributed by atoms with Crippen molar-refractivity contribution >= 4 is 42.9 Å². The van der Waals surface area contributed by atoms with Crippen LogP contribution in [-0.2, 0) is 43.8 Å². The molecule has 1 saturated heterocycles. The molecule has 10 nitrogen and oxygen atoms in total. The Morgan fingerprint density at radius 1 is 0.907 bits per heavy atom. The molecule has 0 saturated carbocycles. The second-order valence-electron chi connectivity index (χ2n) is 9.46. The van der Waals surface area contributed by atoms with Crippen molar-refractivity contribution in [3.05, 3.63) is 89.2 Å². The number of sulfonamides is 1. The lowest BCUT2D eigenvalue weighted by Crippen LogP contribution is -2.31. The predicted molar refractivity (Wildman–Crippen MR) is 140 cm³/mol. The minimum Gasteiger partial charge on any atom is -0.341 e. The Balaban J connectivity index is 1.49. The zero-order chi connectivity index (χ0) is 31.4. The van der Waals surface area contributed by atoms with Crippen LogP contribution in [0, 0.1) is 0 Å². The Kier molecular flexibility index (Phi) is 7.42. The van der Waals surface area contributed by atoms with E-state index in [-0.39, 0.29) is 29.0 Å². The summed E-state index contributed by atoms with van der Waals surface area (Å²) in [6, 6.07) is 9.75. The molecule has 1 amide bonds. The zero-order valence-electron chi connectivity index (χ0n) is 21.4. The van der Waals surface area contributed by atoms with Gasteiger partial charge in [0.15, 0.2) is 0 Å². The van der Waals surface area contributed by atoms with Gasteiger partial charge in [-0.3, -0.25) is 4.79 Å². The molecule has 0 spiro atoms. The summed E-state index contributed by atoms with van der Waals surface area (Å²) < 4.78 is 134. The minimum absolute atomic E-state index is 0.0460. The molecule has 5 rings (SSSR count). The molecule has 0 aliphatic carbocycles. The van der Waals surface area contributed by atoms with Gasteiger partial charge in [-0.05, 0) is 66.6 Å². The number of hydrogen-bond donors (Lipinski definition) is 3. The number of amides is 1. The molecule has 2 heterocycles. The molecule has 1 atom stereocenters. The number of aromatic amines is 1. The summed E-state index contributed by atoms with van der Waals surface area (Å²) in [7, 11) is -8.58. The zero-order valence-corrected chi connectivity index (χ0v) is 23.0. The molecule has 18 heteroatoms. The molecule has 1 fully saturated rings. The highest BCUT2D eigenvalue weighted by atomic mass is 32.2. The SMILES string of the molecule is O=C1CN(c2ccc(C[C@H](NS(=O)(=O)c3ccc(C(F)(F)F)cc3)c3nc4ccc(C(F)(F)F)cc4[nH]3)cc2)S(=O)(=O)N1. The second-order valence-corrected chi connectivity index (χ2v) is 12.8. The van der Waals surface area contributed by atoms with E-state index in [0.717, 1.165) is 34.6 Å². The van der Waals surface area contributed by atoms with Crippen LogP contribution in [0.3, 0.4) is 0 Å². The number of benzene rings is 3. The Bertz CT molecular complexity index is 1910. The van der Waals surface area contributed by atoms with E-state index in [2.05, 4.69) is 14.7 Å². The number of imidazole rings is 1. The highest BCUT2D eigenvalue weighted by Crippen LogP contribution is 2.33. The van der Waals surface area contributed by atoms with E-state index in [4.69, 9.17) is 0 Å². The smallest absolute Gasteiger partial charge is 0.341 e. The first kappa shape index (κ1) is 30.3. The van der Waals surface area contributed by atoms with Crippen molar-refractivity contribution in [2.75, 3.05) is 10.8 Å². The van der Waals surface area contributed by atoms with E-state index in [1.54, 1.807) is 0 Å². The van der Waals surface area contributed by atoms with Gasteiger partial charge in [-0.25, -0.2) is 27.2 Å². The first-order chi connectivity index (χ1) is 19.9. The van der Waals surface area contributed by atoms with Gasteiger partial charge in [-0.1, -0.05) is 12.1 Å². The maximum absolute atomic E-state index is 13.2. The normalized spacial score (nSPS) is 16.4. The number of fused-ring (bicyclic) bond motifs is 1. The molecule has 0 bridgehead atoms. The van der Waals surface area contributed by atoms with Crippen LogP contribution in [0.5, 0.6) is 0 Å². The number of carbonyl (C=O) groups excluding carboxylic acids is 1. The van der Waals surface area contributed by atoms with Crippen molar-refractivity contribution in [3.8, 4) is 0 Å². The van der Waals surface area contributed by atoms with Crippen LogP contribution in [0.15, 0.2) is 71.6 Å². The number of rotatable bonds is 7. The third kappa shape index (κ3) is 6.45. The Morgan fingerprint density at radius 2 is 1.51 bits per heavy atom. The van der Waals surface area contributed by atoms with Gasteiger partial charge in [0.1, 0.15) is 12.4 Å². The minimum atomic E-state index is -4.70. The van der Waals surface area contributed by atoms with Crippen LogP contribution in [0.1, 0.15) is 28.6 Å². The maximum Gasteiger partial charge on any atom is 0.416 e. The van der Waals surface area contributed by atoms with Gasteiger partial charge < -0.3 is 4.98 Å². The number of alkyl halides is 6. The number of aromatic nitrogens is 2. The summed E-state index contributed by atoms with van der Waals surface area (Å²) in [5.41, 5.74) is -1.46. The van der Waals surface area contributed by atoms with E-state index in [1.165, 1.54) is 24.3 Å². The van der Waals surface area contributed by atoms with Crippen molar-refractivity contribution in [3.63, 3.8) is 0 Å². The monoisotopic (exact) mass is 647 g/mol. The molecule has 228 valence electrons. The average molecular weight is 648 g/mol. The molecule has 3 aromatic carbocycles. The van der Waals surface area contributed by atoms with Crippen molar-refractivity contribution in [2.45, 2.75) is 29.7 Å². The molecular weight excluding hydrogens is 628 g/mol. The lowest BCUT2D eigenvalue weighted by Gasteiger charge is -2.19. The summed E-state index contributed by atoms with van der Waals surface area (Å²) in [5.74, 6) is -0.828. The highest BCUT2D eigenvalue weighted by molar-refractivity contribution is 7.92. The lowest BCUT2D eigenvalue weighted by molar-refractivity contribution is -0.138. The number of halogens is 6. The van der Waals surface area contributed by atoms with Gasteiger partial charge in [0, 0.05) is 0 Å². The van der Waals surface area contributed by atoms with Gasteiger partial charge in [0.2, 0.25) is 10.0 Å². The Hall–Kier alpha value is -4.16. The summed E-state index contributed by atoms with van der Waals surface area (Å²) >= 11 is 0. The third-order valence-corrected chi connectivity index (χ3v) is 9.32. The van der Waals surface area contributed by atoms with Crippen molar-refractivity contribution in [1.29, 1.82) is 0 Å². The molecule has 4 aromatic rings. The van der Waals surface area contributed by atoms with Gasteiger partial charge in [0.05, 0.1) is 38.8 Å². The Labute approximate surface area is 240 Å².